The van der Waals surface area contributed by atoms with Gasteiger partial charge in [0, 0.05) is 6.04 Å². The summed E-state index contributed by atoms with van der Waals surface area (Å²) in [5.41, 5.74) is 0.344. The lowest BCUT2D eigenvalue weighted by Crippen LogP contribution is -2.41. The Labute approximate surface area is 141 Å². The van der Waals surface area contributed by atoms with Crippen LogP contribution in [0.5, 0.6) is 0 Å². The van der Waals surface area contributed by atoms with E-state index in [4.69, 9.17) is 9.84 Å². The number of aliphatic carboxylic acids is 1. The third-order valence-electron chi connectivity index (χ3n) is 3.44. The second kappa shape index (κ2) is 7.34. The van der Waals surface area contributed by atoms with Gasteiger partial charge >= 0.3 is 12.1 Å². The summed E-state index contributed by atoms with van der Waals surface area (Å²) >= 11 is 0. The predicted octanol–water partition coefficient (Wildman–Crippen LogP) is 3.75. The second-order valence-electron chi connectivity index (χ2n) is 6.83. The van der Waals surface area contributed by atoms with E-state index in [-0.39, 0.29) is 6.42 Å². The molecule has 1 amide bonds. The van der Waals surface area contributed by atoms with Crippen LogP contribution in [0.4, 0.5) is 4.79 Å². The molecule has 2 aromatic rings. The highest BCUT2D eigenvalue weighted by Gasteiger charge is 2.21. The molecule has 128 valence electrons. The van der Waals surface area contributed by atoms with Gasteiger partial charge in [0.15, 0.2) is 0 Å². The second-order valence-corrected chi connectivity index (χ2v) is 6.83. The molecule has 0 aromatic heterocycles. The predicted molar refractivity (Wildman–Crippen MR) is 93.1 cm³/mol. The number of carboxylic acid groups (broad SMARTS) is 1. The van der Waals surface area contributed by atoms with Crippen molar-refractivity contribution >= 4 is 22.8 Å². The highest BCUT2D eigenvalue weighted by atomic mass is 16.6. The molecule has 1 unspecified atom stereocenters. The number of carbonyl (C=O) groups is 2. The van der Waals surface area contributed by atoms with Gasteiger partial charge in [-0.2, -0.15) is 0 Å². The zero-order chi connectivity index (χ0) is 17.7. The molecule has 0 saturated heterocycles. The van der Waals surface area contributed by atoms with E-state index < -0.39 is 23.7 Å². The Kier molecular flexibility index (Phi) is 5.44. The Morgan fingerprint density at radius 3 is 2.42 bits per heavy atom. The Morgan fingerprint density at radius 1 is 1.12 bits per heavy atom. The highest BCUT2D eigenvalue weighted by Crippen LogP contribution is 2.17. The van der Waals surface area contributed by atoms with E-state index in [2.05, 4.69) is 5.32 Å². The zero-order valence-corrected chi connectivity index (χ0v) is 14.2. The number of amides is 1. The molecule has 2 rings (SSSR count). The highest BCUT2D eigenvalue weighted by molar-refractivity contribution is 5.83. The number of benzene rings is 2. The normalized spacial score (nSPS) is 12.6. The fraction of sp³-hybridized carbons (Fsp3) is 0.368. The summed E-state index contributed by atoms with van der Waals surface area (Å²) in [6.45, 7) is 5.30. The lowest BCUT2D eigenvalue weighted by molar-refractivity contribution is -0.137. The molecule has 0 heterocycles. The number of hydrogen-bond acceptors (Lipinski definition) is 3. The maximum Gasteiger partial charge on any atom is 0.407 e. The van der Waals surface area contributed by atoms with Crippen LogP contribution in [-0.2, 0) is 16.0 Å². The molecule has 0 aliphatic carbocycles. The fourth-order valence-corrected chi connectivity index (χ4v) is 2.51. The van der Waals surface area contributed by atoms with Crippen LogP contribution < -0.4 is 5.32 Å². The molecular formula is C19H23NO4. The first-order valence-corrected chi connectivity index (χ1v) is 7.92. The van der Waals surface area contributed by atoms with Crippen molar-refractivity contribution < 1.29 is 19.4 Å². The molecule has 5 nitrogen and oxygen atoms in total. The Balaban J connectivity index is 2.11. The van der Waals surface area contributed by atoms with Crippen molar-refractivity contribution in [1.29, 1.82) is 0 Å². The van der Waals surface area contributed by atoms with Crippen LogP contribution >= 0.6 is 0 Å². The Morgan fingerprint density at radius 2 is 1.79 bits per heavy atom. The minimum Gasteiger partial charge on any atom is -0.481 e. The van der Waals surface area contributed by atoms with Crippen molar-refractivity contribution in [2.24, 2.45) is 0 Å². The third-order valence-corrected chi connectivity index (χ3v) is 3.44. The molecule has 0 aliphatic heterocycles. The molecule has 0 radical (unpaired) electrons. The van der Waals surface area contributed by atoms with Crippen LogP contribution in [0.25, 0.3) is 10.8 Å². The summed E-state index contributed by atoms with van der Waals surface area (Å²) in [4.78, 5) is 23.0. The van der Waals surface area contributed by atoms with Crippen molar-refractivity contribution in [3.63, 3.8) is 0 Å². The van der Waals surface area contributed by atoms with E-state index in [0.29, 0.717) is 6.42 Å². The lowest BCUT2D eigenvalue weighted by Gasteiger charge is -2.23. The smallest absolute Gasteiger partial charge is 0.407 e. The number of carboxylic acids is 1. The molecule has 24 heavy (non-hydrogen) atoms. The number of rotatable bonds is 5. The van der Waals surface area contributed by atoms with E-state index in [9.17, 15) is 9.59 Å². The molecule has 0 bridgehead atoms. The van der Waals surface area contributed by atoms with Gasteiger partial charge in [0.25, 0.3) is 0 Å². The number of ether oxygens (including phenoxy) is 1. The number of alkyl carbamates (subject to hydrolysis) is 1. The van der Waals surface area contributed by atoms with Crippen LogP contribution in [-0.4, -0.2) is 28.8 Å². The van der Waals surface area contributed by atoms with Crippen LogP contribution in [0.1, 0.15) is 32.8 Å². The molecule has 0 fully saturated rings. The Hall–Kier alpha value is -2.56. The average molecular weight is 329 g/mol. The summed E-state index contributed by atoms with van der Waals surface area (Å²) < 4.78 is 5.21. The third kappa shape index (κ3) is 5.57. The van der Waals surface area contributed by atoms with E-state index in [1.807, 2.05) is 42.5 Å². The standard InChI is InChI=1S/C19H23NO4/c1-19(2,3)24-18(23)20-16(12-17(21)22)11-13-8-9-14-6-4-5-7-15(14)10-13/h4-10,16H,11-12H2,1-3H3,(H,20,23)(H,21,22). The number of nitrogens with one attached hydrogen (secondary N) is 1. The van der Waals surface area contributed by atoms with E-state index in [0.717, 1.165) is 16.3 Å². The monoisotopic (exact) mass is 329 g/mol. The number of hydrogen-bond donors (Lipinski definition) is 2. The van der Waals surface area contributed by atoms with Gasteiger partial charge in [0.1, 0.15) is 5.60 Å². The van der Waals surface area contributed by atoms with Gasteiger partial charge < -0.3 is 15.2 Å². The summed E-state index contributed by atoms with van der Waals surface area (Å²) in [5, 5.41) is 14.0. The van der Waals surface area contributed by atoms with Crippen molar-refractivity contribution in [2.75, 3.05) is 0 Å². The van der Waals surface area contributed by atoms with E-state index in [1.165, 1.54) is 0 Å². The topological polar surface area (TPSA) is 75.6 Å². The summed E-state index contributed by atoms with van der Waals surface area (Å²) in [6.07, 6.45) is -0.336. The lowest BCUT2D eigenvalue weighted by atomic mass is 10.00. The minimum absolute atomic E-state index is 0.161. The molecule has 1 atom stereocenters. The number of fused-ring (bicyclic) bond motifs is 1. The Bertz CT molecular complexity index is 733. The van der Waals surface area contributed by atoms with Gasteiger partial charge in [0.05, 0.1) is 6.42 Å². The SMILES string of the molecule is CC(C)(C)OC(=O)NC(CC(=O)O)Cc1ccc2ccccc2c1. The summed E-state index contributed by atoms with van der Waals surface area (Å²) in [5.74, 6) is -0.961. The van der Waals surface area contributed by atoms with Crippen molar-refractivity contribution in [2.45, 2.75) is 45.3 Å². The molecule has 2 aromatic carbocycles. The molecule has 5 heteroatoms. The molecule has 0 aliphatic rings. The summed E-state index contributed by atoms with van der Waals surface area (Å²) in [6, 6.07) is 13.4. The van der Waals surface area contributed by atoms with Crippen LogP contribution in [0.3, 0.4) is 0 Å². The maximum absolute atomic E-state index is 11.9. The van der Waals surface area contributed by atoms with Gasteiger partial charge in [-0.1, -0.05) is 42.5 Å². The molecule has 0 saturated carbocycles. The van der Waals surface area contributed by atoms with Crippen LogP contribution in [0.15, 0.2) is 42.5 Å². The zero-order valence-electron chi connectivity index (χ0n) is 14.2. The van der Waals surface area contributed by atoms with Crippen molar-refractivity contribution in [1.82, 2.24) is 5.32 Å². The van der Waals surface area contributed by atoms with Crippen molar-refractivity contribution in [3.05, 3.63) is 48.0 Å². The molecule has 2 N–H and O–H groups in total. The molecular weight excluding hydrogens is 306 g/mol. The first-order valence-electron chi connectivity index (χ1n) is 7.92. The van der Waals surface area contributed by atoms with Crippen LogP contribution in [0, 0.1) is 0 Å². The largest absolute Gasteiger partial charge is 0.481 e. The van der Waals surface area contributed by atoms with Crippen molar-refractivity contribution in [3.8, 4) is 0 Å². The summed E-state index contributed by atoms with van der Waals surface area (Å²) in [7, 11) is 0. The van der Waals surface area contributed by atoms with E-state index in [1.54, 1.807) is 20.8 Å². The van der Waals surface area contributed by atoms with Gasteiger partial charge in [-0.25, -0.2) is 4.79 Å². The van der Waals surface area contributed by atoms with Crippen LogP contribution in [0.2, 0.25) is 0 Å². The fourth-order valence-electron chi connectivity index (χ4n) is 2.51. The quantitative estimate of drug-likeness (QED) is 0.876. The van der Waals surface area contributed by atoms with Gasteiger partial charge in [-0.05, 0) is 43.5 Å². The average Bonchev–Trinajstić information content (AvgIpc) is 2.44. The van der Waals surface area contributed by atoms with E-state index >= 15 is 0 Å². The number of carbonyl (C=O) groups excluding carboxylic acids is 1. The van der Waals surface area contributed by atoms with Gasteiger partial charge in [-0.15, -0.1) is 0 Å². The first-order chi connectivity index (χ1) is 11.2. The molecule has 0 spiro atoms. The minimum atomic E-state index is -0.961. The van der Waals surface area contributed by atoms with Gasteiger partial charge in [-0.3, -0.25) is 4.79 Å². The van der Waals surface area contributed by atoms with Gasteiger partial charge in [0.2, 0.25) is 0 Å². The first kappa shape index (κ1) is 17.8. The maximum atomic E-state index is 11.9.